The number of amides is 1. The number of para-hydroxylation sites is 1. The van der Waals surface area contributed by atoms with Crippen LogP contribution in [0.4, 0.5) is 21.0 Å². The SMILES string of the molecule is Cc1nc(C)c(-c2csc(Nc3ccc(C(=O)Nc4ccccc4F)cn3)n2)s1. The van der Waals surface area contributed by atoms with Crippen LogP contribution in [0.5, 0.6) is 0 Å². The van der Waals surface area contributed by atoms with Crippen molar-refractivity contribution in [2.24, 2.45) is 0 Å². The zero-order chi connectivity index (χ0) is 20.4. The molecule has 0 aliphatic heterocycles. The molecule has 0 bridgehead atoms. The number of nitrogens with zero attached hydrogens (tertiary/aromatic N) is 3. The molecule has 0 spiro atoms. The Balaban J connectivity index is 1.44. The zero-order valence-electron chi connectivity index (χ0n) is 15.6. The van der Waals surface area contributed by atoms with Crippen LogP contribution in [0.1, 0.15) is 21.1 Å². The second kappa shape index (κ2) is 8.06. The summed E-state index contributed by atoms with van der Waals surface area (Å²) in [6, 6.07) is 9.31. The Morgan fingerprint density at radius 1 is 1.10 bits per heavy atom. The van der Waals surface area contributed by atoms with Crippen molar-refractivity contribution >= 4 is 45.2 Å². The summed E-state index contributed by atoms with van der Waals surface area (Å²) in [5, 5.41) is 9.34. The van der Waals surface area contributed by atoms with Gasteiger partial charge in [-0.2, -0.15) is 0 Å². The van der Waals surface area contributed by atoms with Gasteiger partial charge in [0.05, 0.1) is 32.5 Å². The molecule has 0 aliphatic carbocycles. The molecule has 3 aromatic heterocycles. The van der Waals surface area contributed by atoms with Gasteiger partial charge in [0, 0.05) is 11.6 Å². The summed E-state index contributed by atoms with van der Waals surface area (Å²) in [5.41, 5.74) is 2.30. The summed E-state index contributed by atoms with van der Waals surface area (Å²) in [6.45, 7) is 3.94. The normalized spacial score (nSPS) is 10.7. The van der Waals surface area contributed by atoms with E-state index < -0.39 is 11.7 Å². The minimum Gasteiger partial charge on any atom is -0.319 e. The van der Waals surface area contributed by atoms with Crippen LogP contribution in [-0.2, 0) is 0 Å². The van der Waals surface area contributed by atoms with E-state index in [0.29, 0.717) is 16.5 Å². The lowest BCUT2D eigenvalue weighted by atomic mass is 10.2. The number of aromatic nitrogens is 3. The lowest BCUT2D eigenvalue weighted by Gasteiger charge is -2.07. The standard InChI is InChI=1S/C20H16FN5OS2/c1-11-18(29-12(2)23-11)16-10-28-20(25-16)26-17-8-7-13(9-22-17)19(27)24-15-6-4-3-5-14(15)21/h3-10H,1-2H3,(H,24,27)(H,22,25,26). The van der Waals surface area contributed by atoms with Crippen molar-refractivity contribution in [1.82, 2.24) is 15.0 Å². The first-order chi connectivity index (χ1) is 14.0. The molecule has 1 amide bonds. The monoisotopic (exact) mass is 425 g/mol. The van der Waals surface area contributed by atoms with Gasteiger partial charge in [-0.3, -0.25) is 4.79 Å². The first-order valence-electron chi connectivity index (χ1n) is 8.68. The number of thiazole rings is 2. The van der Waals surface area contributed by atoms with Gasteiger partial charge in [-0.05, 0) is 38.1 Å². The van der Waals surface area contributed by atoms with E-state index in [0.717, 1.165) is 21.3 Å². The van der Waals surface area contributed by atoms with Crippen molar-refractivity contribution in [2.45, 2.75) is 13.8 Å². The molecule has 4 rings (SSSR count). The molecule has 2 N–H and O–H groups in total. The molecule has 29 heavy (non-hydrogen) atoms. The number of pyridine rings is 1. The Bertz CT molecular complexity index is 1170. The maximum absolute atomic E-state index is 13.7. The number of nitrogens with one attached hydrogen (secondary N) is 2. The van der Waals surface area contributed by atoms with Crippen LogP contribution in [0.3, 0.4) is 0 Å². The van der Waals surface area contributed by atoms with Gasteiger partial charge in [-0.1, -0.05) is 12.1 Å². The Hall–Kier alpha value is -3.17. The van der Waals surface area contributed by atoms with Gasteiger partial charge in [-0.15, -0.1) is 22.7 Å². The number of anilines is 3. The van der Waals surface area contributed by atoms with Crippen LogP contribution in [0.2, 0.25) is 0 Å². The van der Waals surface area contributed by atoms with E-state index in [1.54, 1.807) is 35.6 Å². The number of aryl methyl sites for hydroxylation is 2. The fourth-order valence-electron chi connectivity index (χ4n) is 2.67. The average Bonchev–Trinajstić information content (AvgIpc) is 3.29. The first kappa shape index (κ1) is 19.2. The number of carbonyl (C=O) groups is 1. The highest BCUT2D eigenvalue weighted by Gasteiger charge is 2.13. The van der Waals surface area contributed by atoms with Crippen LogP contribution in [0.15, 0.2) is 48.0 Å². The van der Waals surface area contributed by atoms with Crippen molar-refractivity contribution < 1.29 is 9.18 Å². The molecule has 3 heterocycles. The Kier molecular flexibility index (Phi) is 5.32. The van der Waals surface area contributed by atoms with E-state index >= 15 is 0 Å². The van der Waals surface area contributed by atoms with E-state index in [4.69, 9.17) is 0 Å². The molecule has 0 atom stereocenters. The summed E-state index contributed by atoms with van der Waals surface area (Å²) >= 11 is 3.08. The quantitative estimate of drug-likeness (QED) is 0.447. The molecule has 4 aromatic rings. The van der Waals surface area contributed by atoms with Crippen molar-refractivity contribution in [3.8, 4) is 10.6 Å². The van der Waals surface area contributed by atoms with Crippen LogP contribution >= 0.6 is 22.7 Å². The largest absolute Gasteiger partial charge is 0.319 e. The second-order valence-corrected chi connectivity index (χ2v) is 8.24. The third kappa shape index (κ3) is 4.30. The van der Waals surface area contributed by atoms with Gasteiger partial charge in [0.2, 0.25) is 0 Å². The minimum absolute atomic E-state index is 0.128. The Morgan fingerprint density at radius 2 is 1.93 bits per heavy atom. The number of rotatable bonds is 5. The molecular weight excluding hydrogens is 409 g/mol. The first-order valence-corrected chi connectivity index (χ1v) is 10.4. The third-order valence-electron chi connectivity index (χ3n) is 4.02. The topological polar surface area (TPSA) is 79.8 Å². The van der Waals surface area contributed by atoms with Crippen molar-refractivity contribution in [3.63, 3.8) is 0 Å². The molecule has 0 aliphatic rings. The van der Waals surface area contributed by atoms with E-state index in [2.05, 4.69) is 25.6 Å². The molecule has 6 nitrogen and oxygen atoms in total. The van der Waals surface area contributed by atoms with E-state index in [1.807, 2.05) is 19.2 Å². The molecule has 0 saturated heterocycles. The predicted molar refractivity (Wildman–Crippen MR) is 115 cm³/mol. The number of hydrogen-bond acceptors (Lipinski definition) is 7. The summed E-state index contributed by atoms with van der Waals surface area (Å²) in [4.78, 5) is 26.6. The van der Waals surface area contributed by atoms with Gasteiger partial charge in [-0.25, -0.2) is 19.3 Å². The van der Waals surface area contributed by atoms with Crippen LogP contribution < -0.4 is 10.6 Å². The maximum Gasteiger partial charge on any atom is 0.257 e. The number of halogens is 1. The highest BCUT2D eigenvalue weighted by molar-refractivity contribution is 7.16. The molecule has 1 aromatic carbocycles. The smallest absolute Gasteiger partial charge is 0.257 e. The van der Waals surface area contributed by atoms with Gasteiger partial charge >= 0.3 is 0 Å². The van der Waals surface area contributed by atoms with Crippen molar-refractivity contribution in [3.05, 3.63) is 70.1 Å². The number of benzene rings is 1. The molecule has 146 valence electrons. The average molecular weight is 426 g/mol. The van der Waals surface area contributed by atoms with Gasteiger partial charge in [0.1, 0.15) is 11.6 Å². The zero-order valence-corrected chi connectivity index (χ0v) is 17.2. The molecule has 0 unspecified atom stereocenters. The second-order valence-electron chi connectivity index (χ2n) is 6.18. The van der Waals surface area contributed by atoms with Crippen LogP contribution in [0.25, 0.3) is 10.6 Å². The van der Waals surface area contributed by atoms with Crippen molar-refractivity contribution in [2.75, 3.05) is 10.6 Å². The van der Waals surface area contributed by atoms with Gasteiger partial charge in [0.25, 0.3) is 5.91 Å². The highest BCUT2D eigenvalue weighted by atomic mass is 32.1. The lowest BCUT2D eigenvalue weighted by molar-refractivity contribution is 0.102. The van der Waals surface area contributed by atoms with Crippen LogP contribution in [-0.4, -0.2) is 20.9 Å². The fourth-order valence-corrected chi connectivity index (χ4v) is 4.34. The maximum atomic E-state index is 13.7. The summed E-state index contributed by atoms with van der Waals surface area (Å²) in [5.74, 6) is -0.356. The summed E-state index contributed by atoms with van der Waals surface area (Å²) < 4.78 is 13.7. The Labute approximate surface area is 174 Å². The fraction of sp³-hybridized carbons (Fsp3) is 0.100. The van der Waals surface area contributed by atoms with E-state index in [9.17, 15) is 9.18 Å². The predicted octanol–water partition coefficient (Wildman–Crippen LogP) is 5.41. The third-order valence-corrected chi connectivity index (χ3v) is 5.88. The van der Waals surface area contributed by atoms with E-state index in [-0.39, 0.29) is 5.69 Å². The Morgan fingerprint density at radius 3 is 2.62 bits per heavy atom. The van der Waals surface area contributed by atoms with Crippen LogP contribution in [0, 0.1) is 19.7 Å². The van der Waals surface area contributed by atoms with Gasteiger partial charge < -0.3 is 10.6 Å². The van der Waals surface area contributed by atoms with Gasteiger partial charge in [0.15, 0.2) is 5.13 Å². The van der Waals surface area contributed by atoms with E-state index in [1.165, 1.54) is 29.7 Å². The lowest BCUT2D eigenvalue weighted by Crippen LogP contribution is -2.13. The highest BCUT2D eigenvalue weighted by Crippen LogP contribution is 2.32. The molecule has 9 heteroatoms. The molecule has 0 saturated carbocycles. The summed E-state index contributed by atoms with van der Waals surface area (Å²) in [7, 11) is 0. The van der Waals surface area contributed by atoms with Crippen molar-refractivity contribution in [1.29, 1.82) is 0 Å². The molecular formula is C20H16FN5OS2. The number of hydrogen-bond donors (Lipinski definition) is 2. The number of carbonyl (C=O) groups excluding carboxylic acids is 1. The summed E-state index contributed by atoms with van der Waals surface area (Å²) in [6.07, 6.45) is 1.43. The molecule has 0 radical (unpaired) electrons. The molecule has 0 fully saturated rings. The minimum atomic E-state index is -0.488.